The largest absolute Gasteiger partial charge is 0.282 e. The maximum atomic E-state index is 12.4. The number of aryl methyl sites for hydroxylation is 2. The second-order valence-electron chi connectivity index (χ2n) is 3.29. The van der Waals surface area contributed by atoms with Gasteiger partial charge in [0.2, 0.25) is 0 Å². The normalized spacial score (nSPS) is 11.3. The Kier molecular flexibility index (Phi) is 2.56. The van der Waals surface area contributed by atoms with Crippen LogP contribution in [0.2, 0.25) is 0 Å². The van der Waals surface area contributed by atoms with Crippen molar-refractivity contribution in [2.75, 3.05) is 0 Å². The van der Waals surface area contributed by atoms with Gasteiger partial charge in [-0.15, -0.1) is 11.3 Å². The molecule has 2 nitrogen and oxygen atoms in total. The number of aromatic nitrogens is 2. The molecule has 5 heteroatoms. The molecular weight excluding hydrogens is 218 g/mol. The van der Waals surface area contributed by atoms with Gasteiger partial charge in [-0.3, -0.25) is 4.68 Å². The van der Waals surface area contributed by atoms with Crippen molar-refractivity contribution in [1.29, 1.82) is 0 Å². The van der Waals surface area contributed by atoms with E-state index in [1.807, 2.05) is 19.1 Å². The third-order valence-electron chi connectivity index (χ3n) is 2.12. The van der Waals surface area contributed by atoms with Crippen LogP contribution in [0, 0.1) is 6.92 Å². The number of hydrogen-bond donors (Lipinski definition) is 0. The van der Waals surface area contributed by atoms with E-state index in [0.29, 0.717) is 0 Å². The summed E-state index contributed by atoms with van der Waals surface area (Å²) in [6.07, 6.45) is -2.51. The third kappa shape index (κ3) is 1.92. The lowest BCUT2D eigenvalue weighted by atomic mass is 10.3. The zero-order chi connectivity index (χ0) is 11.0. The van der Waals surface area contributed by atoms with Crippen LogP contribution in [0.5, 0.6) is 0 Å². The summed E-state index contributed by atoms with van der Waals surface area (Å²) < 4.78 is 26.3. The van der Waals surface area contributed by atoms with Gasteiger partial charge in [0.15, 0.2) is 0 Å². The minimum absolute atomic E-state index is 0.168. The fourth-order valence-corrected chi connectivity index (χ4v) is 2.31. The first-order chi connectivity index (χ1) is 7.08. The van der Waals surface area contributed by atoms with E-state index in [1.54, 1.807) is 18.4 Å². The van der Waals surface area contributed by atoms with Crippen molar-refractivity contribution in [2.24, 2.45) is 7.05 Å². The molecule has 0 bridgehead atoms. The minimum Gasteiger partial charge on any atom is -0.267 e. The molecule has 0 aliphatic carbocycles. The van der Waals surface area contributed by atoms with Gasteiger partial charge in [0.05, 0.1) is 10.6 Å². The molecule has 2 heterocycles. The van der Waals surface area contributed by atoms with Crippen molar-refractivity contribution in [3.05, 3.63) is 28.8 Å². The summed E-state index contributed by atoms with van der Waals surface area (Å²) in [4.78, 5) is 2.12. The van der Waals surface area contributed by atoms with Crippen molar-refractivity contribution < 1.29 is 8.78 Å². The lowest BCUT2D eigenvalue weighted by Crippen LogP contribution is -1.93. The predicted octanol–water partition coefficient (Wildman–Crippen LogP) is 3.39. The molecule has 2 rings (SSSR count). The van der Waals surface area contributed by atoms with Crippen molar-refractivity contribution in [3.63, 3.8) is 0 Å². The van der Waals surface area contributed by atoms with Gasteiger partial charge in [0.1, 0.15) is 5.69 Å². The fraction of sp³-hybridized carbons (Fsp3) is 0.300. The zero-order valence-electron chi connectivity index (χ0n) is 8.37. The topological polar surface area (TPSA) is 17.8 Å². The van der Waals surface area contributed by atoms with Crippen LogP contribution in [0.3, 0.4) is 0 Å². The van der Waals surface area contributed by atoms with E-state index in [4.69, 9.17) is 0 Å². The number of alkyl halides is 2. The average Bonchev–Trinajstić information content (AvgIpc) is 2.71. The van der Waals surface area contributed by atoms with Crippen LogP contribution in [0.4, 0.5) is 8.78 Å². The maximum absolute atomic E-state index is 12.4. The van der Waals surface area contributed by atoms with Gasteiger partial charge in [0, 0.05) is 11.9 Å². The molecule has 2 aromatic rings. The van der Waals surface area contributed by atoms with Crippen LogP contribution >= 0.6 is 11.3 Å². The fourth-order valence-electron chi connectivity index (χ4n) is 1.40. The van der Waals surface area contributed by atoms with E-state index in [1.165, 1.54) is 10.7 Å². The summed E-state index contributed by atoms with van der Waals surface area (Å²) in [6, 6.07) is 5.33. The molecule has 80 valence electrons. The molecule has 0 amide bonds. The first-order valence-corrected chi connectivity index (χ1v) is 5.28. The second kappa shape index (κ2) is 3.73. The third-order valence-corrected chi connectivity index (χ3v) is 3.14. The summed E-state index contributed by atoms with van der Waals surface area (Å²) in [6.45, 7) is 1.98. The van der Waals surface area contributed by atoms with E-state index >= 15 is 0 Å². The SMILES string of the molecule is Cc1ccc(-c2cc(C(F)F)nn2C)s1. The van der Waals surface area contributed by atoms with Gasteiger partial charge in [-0.05, 0) is 25.1 Å². The Morgan fingerprint density at radius 2 is 2.13 bits per heavy atom. The standard InChI is InChI=1S/C10H10F2N2S/c1-6-3-4-9(15-6)8-5-7(10(11)12)13-14(8)2/h3-5,10H,1-2H3. The minimum atomic E-state index is -2.51. The van der Waals surface area contributed by atoms with E-state index in [9.17, 15) is 8.78 Å². The lowest BCUT2D eigenvalue weighted by Gasteiger charge is -1.95. The first kappa shape index (κ1) is 10.3. The molecular formula is C10H10F2N2S. The Bertz CT molecular complexity index is 473. The van der Waals surface area contributed by atoms with Crippen molar-refractivity contribution in [3.8, 4) is 10.6 Å². The Labute approximate surface area is 90.2 Å². The van der Waals surface area contributed by atoms with E-state index in [2.05, 4.69) is 5.10 Å². The lowest BCUT2D eigenvalue weighted by molar-refractivity contribution is 0.145. The summed E-state index contributed by atoms with van der Waals surface area (Å²) in [5.41, 5.74) is 0.571. The highest BCUT2D eigenvalue weighted by molar-refractivity contribution is 7.15. The maximum Gasteiger partial charge on any atom is 0.282 e. The number of hydrogen-bond acceptors (Lipinski definition) is 2. The van der Waals surface area contributed by atoms with Gasteiger partial charge in [-0.25, -0.2) is 8.78 Å². The Morgan fingerprint density at radius 1 is 1.40 bits per heavy atom. The highest BCUT2D eigenvalue weighted by Gasteiger charge is 2.15. The summed E-state index contributed by atoms with van der Waals surface area (Å²) in [5.74, 6) is 0. The molecule has 0 aliphatic rings. The number of thiophene rings is 1. The van der Waals surface area contributed by atoms with Gasteiger partial charge >= 0.3 is 0 Å². The van der Waals surface area contributed by atoms with Crippen LogP contribution in [-0.2, 0) is 7.05 Å². The van der Waals surface area contributed by atoms with Gasteiger partial charge < -0.3 is 0 Å². The van der Waals surface area contributed by atoms with Crippen LogP contribution in [-0.4, -0.2) is 9.78 Å². The predicted molar refractivity (Wildman–Crippen MR) is 56.2 cm³/mol. The molecule has 0 N–H and O–H groups in total. The van der Waals surface area contributed by atoms with Crippen LogP contribution in [0.1, 0.15) is 17.0 Å². The van der Waals surface area contributed by atoms with Gasteiger partial charge in [-0.1, -0.05) is 0 Å². The quantitative estimate of drug-likeness (QED) is 0.770. The van der Waals surface area contributed by atoms with Crippen LogP contribution < -0.4 is 0 Å². The summed E-state index contributed by atoms with van der Waals surface area (Å²) in [7, 11) is 1.68. The Hall–Kier alpha value is -1.23. The van der Waals surface area contributed by atoms with Crippen molar-refractivity contribution >= 4 is 11.3 Å². The number of nitrogens with zero attached hydrogens (tertiary/aromatic N) is 2. The molecule has 0 aromatic carbocycles. The number of rotatable bonds is 2. The molecule has 0 fully saturated rings. The molecule has 0 atom stereocenters. The monoisotopic (exact) mass is 228 g/mol. The molecule has 0 aliphatic heterocycles. The molecule has 0 spiro atoms. The Balaban J connectivity index is 2.44. The highest BCUT2D eigenvalue weighted by atomic mass is 32.1. The van der Waals surface area contributed by atoms with E-state index < -0.39 is 6.43 Å². The summed E-state index contributed by atoms with van der Waals surface area (Å²) in [5, 5.41) is 3.77. The van der Waals surface area contributed by atoms with Crippen LogP contribution in [0.25, 0.3) is 10.6 Å². The van der Waals surface area contributed by atoms with Gasteiger partial charge in [-0.2, -0.15) is 5.10 Å². The molecule has 0 saturated heterocycles. The first-order valence-electron chi connectivity index (χ1n) is 4.47. The van der Waals surface area contributed by atoms with Crippen molar-refractivity contribution in [1.82, 2.24) is 9.78 Å². The number of halogens is 2. The molecule has 2 aromatic heterocycles. The van der Waals surface area contributed by atoms with Crippen molar-refractivity contribution in [2.45, 2.75) is 13.3 Å². The molecule has 0 unspecified atom stereocenters. The highest BCUT2D eigenvalue weighted by Crippen LogP contribution is 2.29. The Morgan fingerprint density at radius 3 is 2.60 bits per heavy atom. The molecule has 15 heavy (non-hydrogen) atoms. The molecule has 0 radical (unpaired) electrons. The van der Waals surface area contributed by atoms with E-state index in [0.717, 1.165) is 15.4 Å². The van der Waals surface area contributed by atoms with E-state index in [-0.39, 0.29) is 5.69 Å². The average molecular weight is 228 g/mol. The second-order valence-corrected chi connectivity index (χ2v) is 4.58. The summed E-state index contributed by atoms with van der Waals surface area (Å²) >= 11 is 1.57. The smallest absolute Gasteiger partial charge is 0.267 e. The van der Waals surface area contributed by atoms with Gasteiger partial charge in [0.25, 0.3) is 6.43 Å². The molecule has 0 saturated carbocycles. The van der Waals surface area contributed by atoms with Crippen LogP contribution in [0.15, 0.2) is 18.2 Å². The zero-order valence-corrected chi connectivity index (χ0v) is 9.18.